The van der Waals surface area contributed by atoms with Crippen LogP contribution in [0, 0.1) is 10.1 Å². The molecule has 5 nitrogen and oxygen atoms in total. The fourth-order valence-corrected chi connectivity index (χ4v) is 1.10. The van der Waals surface area contributed by atoms with Gasteiger partial charge in [0.1, 0.15) is 13.2 Å². The quantitative estimate of drug-likeness (QED) is 0.556. The Hall–Kier alpha value is -1.62. The molecular formula is C10H15N2O3+. The maximum atomic E-state index is 10.6. The van der Waals surface area contributed by atoms with Gasteiger partial charge < -0.3 is 9.64 Å². The van der Waals surface area contributed by atoms with Crippen LogP contribution in [0.4, 0.5) is 5.69 Å². The molecule has 0 radical (unpaired) electrons. The Balaban J connectivity index is 2.63. The fraction of sp³-hybridized carbons (Fsp3) is 0.400. The molecule has 0 bridgehead atoms. The Morgan fingerprint density at radius 2 is 2.07 bits per heavy atom. The highest BCUT2D eigenvalue weighted by Gasteiger charge is 2.13. The average molecular weight is 211 g/mol. The zero-order valence-corrected chi connectivity index (χ0v) is 8.90. The van der Waals surface area contributed by atoms with Crippen molar-refractivity contribution in [3.8, 4) is 5.75 Å². The van der Waals surface area contributed by atoms with Crippen LogP contribution in [-0.2, 0) is 0 Å². The average Bonchev–Trinajstić information content (AvgIpc) is 2.17. The lowest BCUT2D eigenvalue weighted by atomic mass is 10.3. The number of nitrogens with one attached hydrogen (secondary N) is 1. The number of benzene rings is 1. The standard InChI is InChI=1S/C10H14N2O3/c1-11(2)7-8-15-10-6-4-3-5-9(10)12(13)14/h3-6H,7-8H2,1-2H3/p+1. The molecule has 0 aromatic heterocycles. The minimum atomic E-state index is -0.433. The number of ether oxygens (including phenoxy) is 1. The summed E-state index contributed by atoms with van der Waals surface area (Å²) < 4.78 is 5.35. The minimum Gasteiger partial charge on any atom is -0.481 e. The van der Waals surface area contributed by atoms with Gasteiger partial charge in [-0.2, -0.15) is 0 Å². The van der Waals surface area contributed by atoms with Crippen molar-refractivity contribution in [2.75, 3.05) is 27.2 Å². The Bertz CT molecular complexity index is 339. The molecule has 0 amide bonds. The summed E-state index contributed by atoms with van der Waals surface area (Å²) in [6.07, 6.45) is 0. The predicted molar refractivity (Wildman–Crippen MR) is 56.3 cm³/mol. The van der Waals surface area contributed by atoms with Gasteiger partial charge in [-0.15, -0.1) is 0 Å². The van der Waals surface area contributed by atoms with E-state index in [0.29, 0.717) is 12.4 Å². The lowest BCUT2D eigenvalue weighted by Crippen LogP contribution is -3.06. The summed E-state index contributed by atoms with van der Waals surface area (Å²) in [5, 5.41) is 10.6. The monoisotopic (exact) mass is 211 g/mol. The van der Waals surface area contributed by atoms with Crippen molar-refractivity contribution in [1.82, 2.24) is 0 Å². The number of likely N-dealkylation sites (N-methyl/N-ethyl adjacent to an activating group) is 1. The van der Waals surface area contributed by atoms with Crippen LogP contribution in [-0.4, -0.2) is 32.2 Å². The number of hydrogen-bond donors (Lipinski definition) is 1. The van der Waals surface area contributed by atoms with E-state index in [9.17, 15) is 10.1 Å². The van der Waals surface area contributed by atoms with Crippen molar-refractivity contribution in [2.24, 2.45) is 0 Å². The Labute approximate surface area is 88.4 Å². The van der Waals surface area contributed by atoms with E-state index in [1.54, 1.807) is 18.2 Å². The first kappa shape index (κ1) is 11.5. The molecule has 0 unspecified atom stereocenters. The van der Waals surface area contributed by atoms with Crippen LogP contribution >= 0.6 is 0 Å². The second kappa shape index (κ2) is 5.31. The highest BCUT2D eigenvalue weighted by Crippen LogP contribution is 2.25. The molecule has 82 valence electrons. The summed E-state index contributed by atoms with van der Waals surface area (Å²) in [5.41, 5.74) is 0.0197. The topological polar surface area (TPSA) is 56.8 Å². The van der Waals surface area contributed by atoms with E-state index in [1.807, 2.05) is 14.1 Å². The first-order valence-corrected chi connectivity index (χ1v) is 4.76. The number of nitrogens with zero attached hydrogens (tertiary/aromatic N) is 1. The van der Waals surface area contributed by atoms with Gasteiger partial charge in [0.15, 0.2) is 5.75 Å². The number of rotatable bonds is 5. The molecule has 5 heteroatoms. The third-order valence-corrected chi connectivity index (χ3v) is 1.92. The van der Waals surface area contributed by atoms with Gasteiger partial charge in [-0.1, -0.05) is 12.1 Å². The summed E-state index contributed by atoms with van der Waals surface area (Å²) in [6.45, 7) is 1.29. The van der Waals surface area contributed by atoms with Crippen LogP contribution in [0.1, 0.15) is 0 Å². The van der Waals surface area contributed by atoms with Gasteiger partial charge in [0.25, 0.3) is 0 Å². The normalized spacial score (nSPS) is 10.3. The van der Waals surface area contributed by atoms with Crippen molar-refractivity contribution in [1.29, 1.82) is 0 Å². The second-order valence-corrected chi connectivity index (χ2v) is 3.53. The summed E-state index contributed by atoms with van der Waals surface area (Å²) >= 11 is 0. The van der Waals surface area contributed by atoms with Gasteiger partial charge in [0, 0.05) is 6.07 Å². The van der Waals surface area contributed by atoms with Crippen LogP contribution in [0.3, 0.4) is 0 Å². The molecule has 0 heterocycles. The molecule has 0 fully saturated rings. The molecule has 1 N–H and O–H groups in total. The van der Waals surface area contributed by atoms with Gasteiger partial charge in [-0.3, -0.25) is 10.1 Å². The van der Waals surface area contributed by atoms with Crippen LogP contribution in [0.2, 0.25) is 0 Å². The third-order valence-electron chi connectivity index (χ3n) is 1.92. The maximum absolute atomic E-state index is 10.6. The molecule has 0 aliphatic carbocycles. The van der Waals surface area contributed by atoms with Crippen molar-refractivity contribution < 1.29 is 14.6 Å². The smallest absolute Gasteiger partial charge is 0.310 e. The molecular weight excluding hydrogens is 196 g/mol. The molecule has 1 aromatic carbocycles. The molecule has 0 saturated carbocycles. The lowest BCUT2D eigenvalue weighted by molar-refractivity contribution is -0.858. The summed E-state index contributed by atoms with van der Waals surface area (Å²) in [4.78, 5) is 11.5. The first-order valence-electron chi connectivity index (χ1n) is 4.76. The van der Waals surface area contributed by atoms with Gasteiger partial charge in [0.2, 0.25) is 0 Å². The Kier molecular flexibility index (Phi) is 4.05. The Morgan fingerprint density at radius 1 is 1.40 bits per heavy atom. The van der Waals surface area contributed by atoms with Crippen LogP contribution in [0.25, 0.3) is 0 Å². The summed E-state index contributed by atoms with van der Waals surface area (Å²) in [5.74, 6) is 0.337. The molecule has 1 rings (SSSR count). The van der Waals surface area contributed by atoms with Gasteiger partial charge in [0.05, 0.1) is 19.0 Å². The highest BCUT2D eigenvalue weighted by atomic mass is 16.6. The van der Waals surface area contributed by atoms with Crippen LogP contribution < -0.4 is 9.64 Å². The van der Waals surface area contributed by atoms with Crippen molar-refractivity contribution in [3.63, 3.8) is 0 Å². The van der Waals surface area contributed by atoms with Gasteiger partial charge >= 0.3 is 5.69 Å². The van der Waals surface area contributed by atoms with Crippen molar-refractivity contribution >= 4 is 5.69 Å². The third kappa shape index (κ3) is 3.55. The molecule has 0 atom stereocenters. The van der Waals surface area contributed by atoms with E-state index >= 15 is 0 Å². The predicted octanol–water partition coefficient (Wildman–Crippen LogP) is 0.118. The zero-order valence-electron chi connectivity index (χ0n) is 8.90. The van der Waals surface area contributed by atoms with E-state index in [0.717, 1.165) is 6.54 Å². The number of para-hydroxylation sites is 2. The van der Waals surface area contributed by atoms with Crippen LogP contribution in [0.15, 0.2) is 24.3 Å². The molecule has 0 spiro atoms. The van der Waals surface area contributed by atoms with E-state index in [2.05, 4.69) is 0 Å². The zero-order chi connectivity index (χ0) is 11.3. The van der Waals surface area contributed by atoms with Crippen LogP contribution in [0.5, 0.6) is 5.75 Å². The maximum Gasteiger partial charge on any atom is 0.310 e. The lowest BCUT2D eigenvalue weighted by Gasteiger charge is -2.08. The SMILES string of the molecule is C[NH+](C)CCOc1ccccc1[N+](=O)[O-]. The van der Waals surface area contributed by atoms with Gasteiger partial charge in [-0.25, -0.2) is 0 Å². The van der Waals surface area contributed by atoms with Gasteiger partial charge in [-0.05, 0) is 6.07 Å². The fourth-order valence-electron chi connectivity index (χ4n) is 1.10. The number of nitro benzene ring substituents is 1. The minimum absolute atomic E-state index is 0.0197. The van der Waals surface area contributed by atoms with Crippen molar-refractivity contribution in [3.05, 3.63) is 34.4 Å². The number of hydrogen-bond acceptors (Lipinski definition) is 3. The Morgan fingerprint density at radius 3 is 2.67 bits per heavy atom. The number of nitro groups is 1. The molecule has 0 aliphatic heterocycles. The molecule has 0 saturated heterocycles. The van der Waals surface area contributed by atoms with E-state index in [1.165, 1.54) is 11.0 Å². The van der Waals surface area contributed by atoms with E-state index in [4.69, 9.17) is 4.74 Å². The summed E-state index contributed by atoms with van der Waals surface area (Å²) in [7, 11) is 4.01. The van der Waals surface area contributed by atoms with Crippen molar-refractivity contribution in [2.45, 2.75) is 0 Å². The summed E-state index contributed by atoms with van der Waals surface area (Å²) in [6, 6.07) is 6.41. The largest absolute Gasteiger partial charge is 0.481 e. The molecule has 0 aliphatic rings. The second-order valence-electron chi connectivity index (χ2n) is 3.53. The first-order chi connectivity index (χ1) is 7.11. The van der Waals surface area contributed by atoms with E-state index in [-0.39, 0.29) is 5.69 Å². The molecule has 1 aromatic rings. The van der Waals surface area contributed by atoms with E-state index < -0.39 is 4.92 Å². The molecule has 15 heavy (non-hydrogen) atoms. The number of quaternary nitrogens is 1. The highest BCUT2D eigenvalue weighted by molar-refractivity contribution is 5.45.